The van der Waals surface area contributed by atoms with Gasteiger partial charge in [0.25, 0.3) is 5.91 Å². The van der Waals surface area contributed by atoms with Crippen LogP contribution in [0.25, 0.3) is 0 Å². The number of halogens is 1. The Morgan fingerprint density at radius 1 is 0.962 bits per heavy atom. The number of carbonyl (C=O) groups excluding carboxylic acids is 1. The van der Waals surface area contributed by atoms with Gasteiger partial charge in [0, 0.05) is 18.1 Å². The van der Waals surface area contributed by atoms with Crippen molar-refractivity contribution in [2.24, 2.45) is 0 Å². The lowest BCUT2D eigenvalue weighted by atomic mass is 10.0. The zero-order chi connectivity index (χ0) is 18.5. The Morgan fingerprint density at radius 3 is 2.23 bits per heavy atom. The zero-order valence-corrected chi connectivity index (χ0v) is 14.5. The number of anilines is 3. The molecule has 1 heterocycles. The van der Waals surface area contributed by atoms with Gasteiger partial charge in [0.15, 0.2) is 0 Å². The van der Waals surface area contributed by atoms with Gasteiger partial charge in [-0.3, -0.25) is 4.79 Å². The molecule has 5 nitrogen and oxygen atoms in total. The van der Waals surface area contributed by atoms with E-state index in [1.54, 1.807) is 18.2 Å². The molecule has 2 N–H and O–H groups in total. The van der Waals surface area contributed by atoms with Crippen molar-refractivity contribution in [2.75, 3.05) is 10.6 Å². The summed E-state index contributed by atoms with van der Waals surface area (Å²) in [5.41, 5.74) is 2.42. The molecule has 0 unspecified atom stereocenters. The van der Waals surface area contributed by atoms with Crippen molar-refractivity contribution in [1.29, 1.82) is 0 Å². The van der Waals surface area contributed by atoms with Crippen molar-refractivity contribution in [1.82, 2.24) is 9.97 Å². The van der Waals surface area contributed by atoms with E-state index in [-0.39, 0.29) is 23.5 Å². The fraction of sp³-hybridized carbons (Fsp3) is 0.150. The van der Waals surface area contributed by atoms with Crippen LogP contribution in [0.5, 0.6) is 0 Å². The van der Waals surface area contributed by atoms with Gasteiger partial charge in [0.05, 0.1) is 11.3 Å². The summed E-state index contributed by atoms with van der Waals surface area (Å²) < 4.78 is 13.6. The minimum Gasteiger partial charge on any atom is -0.322 e. The van der Waals surface area contributed by atoms with Crippen LogP contribution < -0.4 is 10.6 Å². The highest BCUT2D eigenvalue weighted by Crippen LogP contribution is 2.24. The summed E-state index contributed by atoms with van der Waals surface area (Å²) in [6.45, 7) is 4.13. The summed E-state index contributed by atoms with van der Waals surface area (Å²) in [5, 5.41) is 5.67. The number of para-hydroxylation sites is 2. The Morgan fingerprint density at radius 2 is 1.58 bits per heavy atom. The van der Waals surface area contributed by atoms with Crippen molar-refractivity contribution in [3.8, 4) is 0 Å². The van der Waals surface area contributed by atoms with Crippen LogP contribution in [-0.4, -0.2) is 15.9 Å². The largest absolute Gasteiger partial charge is 0.322 e. The van der Waals surface area contributed by atoms with Crippen LogP contribution in [0.3, 0.4) is 0 Å². The van der Waals surface area contributed by atoms with E-state index < -0.39 is 5.82 Å². The third-order valence-corrected chi connectivity index (χ3v) is 3.87. The molecule has 6 heteroatoms. The van der Waals surface area contributed by atoms with E-state index in [0.29, 0.717) is 5.56 Å². The lowest BCUT2D eigenvalue weighted by molar-refractivity contribution is 0.102. The molecule has 132 valence electrons. The number of aromatic nitrogens is 2. The molecular weight excluding hydrogens is 331 g/mol. The average molecular weight is 350 g/mol. The Labute approximate surface area is 151 Å². The van der Waals surface area contributed by atoms with Crippen LogP contribution >= 0.6 is 0 Å². The number of amides is 1. The van der Waals surface area contributed by atoms with Gasteiger partial charge in [-0.15, -0.1) is 0 Å². The normalized spacial score (nSPS) is 10.6. The topological polar surface area (TPSA) is 66.9 Å². The predicted octanol–water partition coefficient (Wildman–Crippen LogP) is 4.74. The smallest absolute Gasteiger partial charge is 0.258 e. The van der Waals surface area contributed by atoms with E-state index >= 15 is 0 Å². The van der Waals surface area contributed by atoms with Crippen LogP contribution in [-0.2, 0) is 0 Å². The first-order valence-corrected chi connectivity index (χ1v) is 8.28. The summed E-state index contributed by atoms with van der Waals surface area (Å²) >= 11 is 0. The number of benzene rings is 2. The molecule has 3 aromatic rings. The van der Waals surface area contributed by atoms with Crippen molar-refractivity contribution >= 4 is 23.2 Å². The van der Waals surface area contributed by atoms with E-state index in [1.165, 1.54) is 18.5 Å². The molecule has 3 rings (SSSR count). The lowest BCUT2D eigenvalue weighted by Crippen LogP contribution is -2.14. The molecule has 0 aliphatic heterocycles. The van der Waals surface area contributed by atoms with Gasteiger partial charge in [-0.2, -0.15) is 0 Å². The number of nitrogens with zero attached hydrogens (tertiary/aromatic N) is 2. The van der Waals surface area contributed by atoms with E-state index in [2.05, 4.69) is 34.4 Å². The average Bonchev–Trinajstić information content (AvgIpc) is 2.64. The maximum atomic E-state index is 13.6. The highest BCUT2D eigenvalue weighted by Gasteiger charge is 2.12. The van der Waals surface area contributed by atoms with Crippen molar-refractivity contribution < 1.29 is 9.18 Å². The lowest BCUT2D eigenvalue weighted by Gasteiger charge is -2.13. The van der Waals surface area contributed by atoms with Crippen LogP contribution in [0, 0.1) is 5.82 Å². The molecule has 0 aliphatic rings. The number of rotatable bonds is 5. The van der Waals surface area contributed by atoms with Crippen LogP contribution in [0.1, 0.15) is 35.7 Å². The first-order chi connectivity index (χ1) is 12.5. The molecule has 0 aliphatic carbocycles. The Kier molecular flexibility index (Phi) is 5.22. The molecule has 0 fully saturated rings. The molecule has 0 saturated carbocycles. The van der Waals surface area contributed by atoms with Crippen molar-refractivity contribution in [2.45, 2.75) is 19.8 Å². The Bertz CT molecular complexity index is 910. The molecule has 0 radical (unpaired) electrons. The van der Waals surface area contributed by atoms with Crippen LogP contribution in [0.2, 0.25) is 0 Å². The fourth-order valence-corrected chi connectivity index (χ4v) is 2.50. The number of hydrogen-bond donors (Lipinski definition) is 2. The molecule has 0 spiro atoms. The van der Waals surface area contributed by atoms with E-state index in [4.69, 9.17) is 0 Å². The molecule has 0 saturated heterocycles. The van der Waals surface area contributed by atoms with Crippen molar-refractivity contribution in [3.63, 3.8) is 0 Å². The highest BCUT2D eigenvalue weighted by atomic mass is 19.1. The molecule has 0 atom stereocenters. The maximum Gasteiger partial charge on any atom is 0.258 e. The van der Waals surface area contributed by atoms with E-state index in [1.807, 2.05) is 24.3 Å². The summed E-state index contributed by atoms with van der Waals surface area (Å²) in [5.74, 6) is -0.192. The molecule has 26 heavy (non-hydrogen) atoms. The Hall–Kier alpha value is -3.28. The van der Waals surface area contributed by atoms with Gasteiger partial charge in [-0.1, -0.05) is 44.2 Å². The second-order valence-electron chi connectivity index (χ2n) is 6.10. The fourth-order valence-electron chi connectivity index (χ4n) is 2.50. The van der Waals surface area contributed by atoms with Gasteiger partial charge in [-0.25, -0.2) is 14.4 Å². The summed E-state index contributed by atoms with van der Waals surface area (Å²) in [6.07, 6.45) is 2.81. The first kappa shape index (κ1) is 17.5. The van der Waals surface area contributed by atoms with Crippen LogP contribution in [0.15, 0.2) is 60.9 Å². The third kappa shape index (κ3) is 4.03. The SMILES string of the molecule is CC(C)c1ccccc1NC(=O)c1cnc(Nc2ccccc2F)nc1. The number of carbonyl (C=O) groups is 1. The summed E-state index contributed by atoms with van der Waals surface area (Å²) in [7, 11) is 0. The maximum absolute atomic E-state index is 13.6. The molecular formula is C20H19FN4O. The van der Waals surface area contributed by atoms with Crippen molar-refractivity contribution in [3.05, 3.63) is 77.9 Å². The van der Waals surface area contributed by atoms with E-state index in [0.717, 1.165) is 11.3 Å². The van der Waals surface area contributed by atoms with Gasteiger partial charge in [-0.05, 0) is 29.7 Å². The number of hydrogen-bond acceptors (Lipinski definition) is 4. The van der Waals surface area contributed by atoms with Gasteiger partial charge in [0.1, 0.15) is 5.82 Å². The predicted molar refractivity (Wildman–Crippen MR) is 100 cm³/mol. The molecule has 1 amide bonds. The first-order valence-electron chi connectivity index (χ1n) is 8.28. The second kappa shape index (κ2) is 7.74. The minimum absolute atomic E-state index is 0.217. The van der Waals surface area contributed by atoms with Gasteiger partial charge >= 0.3 is 0 Å². The minimum atomic E-state index is -0.400. The standard InChI is InChI=1S/C20H19FN4O/c1-13(2)15-7-3-5-9-17(15)24-19(26)14-11-22-20(23-12-14)25-18-10-6-4-8-16(18)21/h3-13H,1-2H3,(H,24,26)(H,22,23,25). The van der Waals surface area contributed by atoms with Gasteiger partial charge < -0.3 is 10.6 Å². The zero-order valence-electron chi connectivity index (χ0n) is 14.5. The molecule has 1 aromatic heterocycles. The second-order valence-corrected chi connectivity index (χ2v) is 6.10. The Balaban J connectivity index is 1.73. The van der Waals surface area contributed by atoms with E-state index in [9.17, 15) is 9.18 Å². The highest BCUT2D eigenvalue weighted by molar-refractivity contribution is 6.04. The van der Waals surface area contributed by atoms with Gasteiger partial charge in [0.2, 0.25) is 5.95 Å². The summed E-state index contributed by atoms with van der Waals surface area (Å²) in [4.78, 5) is 20.6. The molecule has 0 bridgehead atoms. The monoisotopic (exact) mass is 350 g/mol. The quantitative estimate of drug-likeness (QED) is 0.698. The summed E-state index contributed by atoms with van der Waals surface area (Å²) in [6, 6.07) is 13.9. The van der Waals surface area contributed by atoms with Crippen LogP contribution in [0.4, 0.5) is 21.7 Å². The molecule has 2 aromatic carbocycles. The number of nitrogens with one attached hydrogen (secondary N) is 2. The third-order valence-electron chi connectivity index (χ3n) is 3.87.